The van der Waals surface area contributed by atoms with Crippen molar-refractivity contribution in [3.05, 3.63) is 35.8 Å². The Balaban J connectivity index is 0.000000377. The Morgan fingerprint density at radius 1 is 1.20 bits per heavy atom. The molecular formula is C19H22FN3O5S2. The molecule has 8 nitrogen and oxygen atoms in total. The van der Waals surface area contributed by atoms with E-state index >= 15 is 0 Å². The Hall–Kier alpha value is -2.24. The van der Waals surface area contributed by atoms with Gasteiger partial charge in [-0.3, -0.25) is 0 Å². The second-order valence-corrected chi connectivity index (χ2v) is 8.60. The van der Waals surface area contributed by atoms with Gasteiger partial charge in [-0.25, -0.2) is 14.0 Å². The van der Waals surface area contributed by atoms with Crippen molar-refractivity contribution in [2.45, 2.75) is 23.8 Å². The van der Waals surface area contributed by atoms with Crippen LogP contribution in [0.1, 0.15) is 24.5 Å². The minimum Gasteiger partial charge on any atom is -0.493 e. The number of hydrogen-bond acceptors (Lipinski definition) is 8. The average molecular weight is 456 g/mol. The summed E-state index contributed by atoms with van der Waals surface area (Å²) in [4.78, 5) is 20.8. The predicted octanol–water partition coefficient (Wildman–Crippen LogP) is 2.81. The Morgan fingerprint density at radius 2 is 1.93 bits per heavy atom. The number of hydrogen-bond donors (Lipinski definition) is 2. The maximum Gasteiger partial charge on any atom is 0.414 e. The van der Waals surface area contributed by atoms with Gasteiger partial charge in [-0.15, -0.1) is 0 Å². The van der Waals surface area contributed by atoms with E-state index in [2.05, 4.69) is 13.6 Å². The van der Waals surface area contributed by atoms with Crippen LogP contribution in [0.2, 0.25) is 0 Å². The van der Waals surface area contributed by atoms with E-state index in [0.717, 1.165) is 23.2 Å². The fourth-order valence-electron chi connectivity index (χ4n) is 3.67. The van der Waals surface area contributed by atoms with Gasteiger partial charge in [0.1, 0.15) is 16.6 Å². The minimum atomic E-state index is -1.82. The average Bonchev–Trinajstić information content (AvgIpc) is 3.30. The first kappa shape index (κ1) is 22.4. The smallest absolute Gasteiger partial charge is 0.414 e. The molecule has 2 bridgehead atoms. The van der Waals surface area contributed by atoms with Gasteiger partial charge in [0.15, 0.2) is 0 Å². The number of fused-ring (bicyclic) bond motifs is 2. The number of benzene rings is 1. The van der Waals surface area contributed by atoms with Crippen LogP contribution in [-0.2, 0) is 9.59 Å². The van der Waals surface area contributed by atoms with Gasteiger partial charge in [0, 0.05) is 24.8 Å². The van der Waals surface area contributed by atoms with E-state index in [4.69, 9.17) is 24.5 Å². The number of halogens is 1. The van der Waals surface area contributed by atoms with E-state index in [1.54, 1.807) is 23.9 Å². The van der Waals surface area contributed by atoms with E-state index in [9.17, 15) is 4.39 Å². The summed E-state index contributed by atoms with van der Waals surface area (Å²) in [5, 5.41) is 15.9. The lowest BCUT2D eigenvalue weighted by molar-refractivity contribution is -0.159. The summed E-state index contributed by atoms with van der Waals surface area (Å²) in [7, 11) is 0. The third-order valence-electron chi connectivity index (χ3n) is 4.99. The molecule has 2 N–H and O–H groups in total. The molecule has 1 aromatic heterocycles. The van der Waals surface area contributed by atoms with Crippen LogP contribution in [0, 0.1) is 11.7 Å². The van der Waals surface area contributed by atoms with E-state index in [1.807, 2.05) is 0 Å². The van der Waals surface area contributed by atoms with Crippen molar-refractivity contribution in [1.29, 1.82) is 0 Å². The highest BCUT2D eigenvalue weighted by molar-refractivity contribution is 7.99. The second-order valence-electron chi connectivity index (χ2n) is 6.98. The van der Waals surface area contributed by atoms with Gasteiger partial charge in [0.2, 0.25) is 0 Å². The lowest BCUT2D eigenvalue weighted by Crippen LogP contribution is -2.25. The number of rotatable bonds is 6. The standard InChI is InChI=1S/C17H20FN3OS2.C2H2O4/c18-13-3-5-14(6-4-13)22-8-9-23-17-16(19-24-20-17)15-11-21-7-1-2-12(15)10-21;3-1(4)2(5)6/h3-6,12,15H,1-2,7-11H2;(H,3,4)(H,5,6). The Bertz CT molecular complexity index is 852. The first-order valence-electron chi connectivity index (χ1n) is 9.46. The van der Waals surface area contributed by atoms with Crippen molar-refractivity contribution in [2.24, 2.45) is 5.92 Å². The zero-order valence-electron chi connectivity index (χ0n) is 16.1. The van der Waals surface area contributed by atoms with Crippen LogP contribution >= 0.6 is 23.5 Å². The van der Waals surface area contributed by atoms with Gasteiger partial charge in [0.25, 0.3) is 0 Å². The lowest BCUT2D eigenvalue weighted by Gasteiger charge is -2.21. The summed E-state index contributed by atoms with van der Waals surface area (Å²) in [5.41, 5.74) is 1.20. The number of ether oxygens (including phenoxy) is 1. The molecule has 2 aliphatic rings. The fourth-order valence-corrected chi connectivity index (χ4v) is 5.26. The molecule has 0 saturated carbocycles. The highest BCUT2D eigenvalue weighted by Crippen LogP contribution is 2.41. The molecule has 2 aromatic rings. The zero-order chi connectivity index (χ0) is 21.5. The van der Waals surface area contributed by atoms with Crippen LogP contribution in [0.15, 0.2) is 29.3 Å². The predicted molar refractivity (Wildman–Crippen MR) is 110 cm³/mol. The number of aromatic nitrogens is 2. The third-order valence-corrected chi connectivity index (χ3v) is 6.59. The van der Waals surface area contributed by atoms with Crippen molar-refractivity contribution in [2.75, 3.05) is 32.0 Å². The number of piperidine rings is 1. The molecule has 2 saturated heterocycles. The summed E-state index contributed by atoms with van der Waals surface area (Å²) >= 11 is 3.04. The Morgan fingerprint density at radius 3 is 2.60 bits per heavy atom. The lowest BCUT2D eigenvalue weighted by atomic mass is 9.89. The van der Waals surface area contributed by atoms with Gasteiger partial charge in [-0.2, -0.15) is 8.75 Å². The van der Waals surface area contributed by atoms with E-state index in [0.29, 0.717) is 18.3 Å². The largest absolute Gasteiger partial charge is 0.493 e. The molecule has 162 valence electrons. The number of carbonyl (C=O) groups is 2. The molecule has 3 heterocycles. The number of aliphatic carboxylic acids is 2. The van der Waals surface area contributed by atoms with Crippen molar-refractivity contribution in [1.82, 2.24) is 13.6 Å². The monoisotopic (exact) mass is 455 g/mol. The van der Waals surface area contributed by atoms with Crippen molar-refractivity contribution < 1.29 is 28.9 Å². The molecule has 0 radical (unpaired) electrons. The van der Waals surface area contributed by atoms with Gasteiger partial charge >= 0.3 is 11.9 Å². The first-order chi connectivity index (χ1) is 14.4. The quantitative estimate of drug-likeness (QED) is 0.386. The fraction of sp³-hybridized carbons (Fsp3) is 0.474. The molecule has 4 rings (SSSR count). The van der Waals surface area contributed by atoms with Crippen molar-refractivity contribution in [3.8, 4) is 5.75 Å². The summed E-state index contributed by atoms with van der Waals surface area (Å²) in [6.45, 7) is 4.17. The van der Waals surface area contributed by atoms with Crippen LogP contribution in [0.3, 0.4) is 0 Å². The molecule has 0 amide bonds. The molecule has 0 aliphatic carbocycles. The minimum absolute atomic E-state index is 0.243. The number of nitrogens with zero attached hydrogens (tertiary/aromatic N) is 3. The van der Waals surface area contributed by atoms with Crippen LogP contribution in [0.25, 0.3) is 0 Å². The molecule has 0 spiro atoms. The van der Waals surface area contributed by atoms with Gasteiger partial charge in [0.05, 0.1) is 24.0 Å². The number of thioether (sulfide) groups is 1. The molecular weight excluding hydrogens is 433 g/mol. The number of carboxylic acids is 2. The normalized spacial score (nSPS) is 22.1. The summed E-state index contributed by atoms with van der Waals surface area (Å²) in [5.74, 6) is -1.08. The molecule has 30 heavy (non-hydrogen) atoms. The summed E-state index contributed by atoms with van der Waals surface area (Å²) in [6.07, 6.45) is 2.63. The second kappa shape index (κ2) is 10.7. The topological polar surface area (TPSA) is 113 Å². The van der Waals surface area contributed by atoms with Gasteiger partial charge in [-0.1, -0.05) is 11.8 Å². The molecule has 11 heteroatoms. The van der Waals surface area contributed by atoms with E-state index in [1.165, 1.54) is 55.5 Å². The van der Waals surface area contributed by atoms with E-state index in [-0.39, 0.29) is 5.82 Å². The summed E-state index contributed by atoms with van der Waals surface area (Å²) < 4.78 is 27.6. The molecule has 2 aliphatic heterocycles. The molecule has 3 unspecified atom stereocenters. The Labute approximate surface area is 181 Å². The molecule has 2 fully saturated rings. The maximum absolute atomic E-state index is 12.9. The van der Waals surface area contributed by atoms with Crippen LogP contribution in [0.4, 0.5) is 4.39 Å². The highest BCUT2D eigenvalue weighted by Gasteiger charge is 2.38. The maximum atomic E-state index is 12.9. The van der Waals surface area contributed by atoms with Gasteiger partial charge < -0.3 is 19.8 Å². The van der Waals surface area contributed by atoms with Crippen LogP contribution < -0.4 is 4.74 Å². The molecule has 3 atom stereocenters. The third kappa shape index (κ3) is 6.13. The zero-order valence-corrected chi connectivity index (χ0v) is 17.7. The van der Waals surface area contributed by atoms with Gasteiger partial charge in [-0.05, 0) is 49.6 Å². The first-order valence-corrected chi connectivity index (χ1v) is 11.2. The molecule has 1 aromatic carbocycles. The summed E-state index contributed by atoms with van der Waals surface area (Å²) in [6, 6.07) is 6.14. The number of carboxylic acid groups (broad SMARTS) is 2. The van der Waals surface area contributed by atoms with Crippen LogP contribution in [-0.4, -0.2) is 67.8 Å². The van der Waals surface area contributed by atoms with E-state index < -0.39 is 11.9 Å². The SMILES string of the molecule is Fc1ccc(OCCSc2nsnc2C2CN3CCCC2C3)cc1.O=C(O)C(=O)O. The van der Waals surface area contributed by atoms with Crippen LogP contribution in [0.5, 0.6) is 5.75 Å². The highest BCUT2D eigenvalue weighted by atomic mass is 32.2. The van der Waals surface area contributed by atoms with Crippen molar-refractivity contribution in [3.63, 3.8) is 0 Å². The Kier molecular flexibility index (Phi) is 8.00. The van der Waals surface area contributed by atoms with Crippen molar-refractivity contribution >= 4 is 35.4 Å².